The van der Waals surface area contributed by atoms with Gasteiger partial charge in [0.2, 0.25) is 0 Å². The fourth-order valence-electron chi connectivity index (χ4n) is 0.675. The van der Waals surface area contributed by atoms with Crippen molar-refractivity contribution in [3.05, 3.63) is 24.3 Å². The molecule has 0 fully saturated rings. The molecule has 1 N–H and O–H groups in total. The zero-order valence-corrected chi connectivity index (χ0v) is 6.30. The maximum atomic E-state index is 6.60. The van der Waals surface area contributed by atoms with Gasteiger partial charge < -0.3 is 4.29 Å². The van der Waals surface area contributed by atoms with Crippen molar-refractivity contribution in [3.8, 4) is 5.75 Å². The standard InChI is InChI=1S/C7H5ClN2O/c8-11-7-4-2-1-3-6(7)10-5-9/h1-4,9H. The van der Waals surface area contributed by atoms with Gasteiger partial charge in [-0.25, -0.2) is 5.41 Å². The zero-order valence-electron chi connectivity index (χ0n) is 5.54. The Kier molecular flexibility index (Phi) is 2.66. The minimum absolute atomic E-state index is 0.425. The topological polar surface area (TPSA) is 45.4 Å². The lowest BCUT2D eigenvalue weighted by Gasteiger charge is -1.96. The number of halogens is 1. The first kappa shape index (κ1) is 7.79. The van der Waals surface area contributed by atoms with Crippen molar-refractivity contribution in [2.24, 2.45) is 4.99 Å². The summed E-state index contributed by atoms with van der Waals surface area (Å²) in [4.78, 5) is 3.58. The Morgan fingerprint density at radius 1 is 1.45 bits per heavy atom. The molecule has 0 saturated carbocycles. The maximum Gasteiger partial charge on any atom is 0.172 e. The summed E-state index contributed by atoms with van der Waals surface area (Å²) in [5, 5.41) is 6.60. The third-order valence-corrected chi connectivity index (χ3v) is 1.29. The van der Waals surface area contributed by atoms with Crippen LogP contribution in [0.25, 0.3) is 0 Å². The van der Waals surface area contributed by atoms with Crippen LogP contribution in [0.4, 0.5) is 5.69 Å². The summed E-state index contributed by atoms with van der Waals surface area (Å²) in [6.45, 7) is 0. The van der Waals surface area contributed by atoms with Gasteiger partial charge in [-0.15, -0.1) is 0 Å². The van der Waals surface area contributed by atoms with Crippen molar-refractivity contribution in [3.63, 3.8) is 0 Å². The van der Waals surface area contributed by atoms with Gasteiger partial charge in [-0.2, -0.15) is 4.99 Å². The highest BCUT2D eigenvalue weighted by atomic mass is 35.5. The third kappa shape index (κ3) is 1.80. The van der Waals surface area contributed by atoms with Crippen LogP contribution in [0.3, 0.4) is 0 Å². The molecule has 1 aromatic carbocycles. The first-order chi connectivity index (χ1) is 5.38. The second kappa shape index (κ2) is 3.76. The summed E-state index contributed by atoms with van der Waals surface area (Å²) in [5.41, 5.74) is 0.498. The Bertz CT molecular complexity index is 294. The second-order valence-electron chi connectivity index (χ2n) is 1.77. The molecule has 0 spiro atoms. The van der Waals surface area contributed by atoms with E-state index in [1.165, 1.54) is 0 Å². The molecular weight excluding hydrogens is 164 g/mol. The van der Waals surface area contributed by atoms with Crippen LogP contribution in [0.1, 0.15) is 0 Å². The smallest absolute Gasteiger partial charge is 0.172 e. The number of benzene rings is 1. The van der Waals surface area contributed by atoms with Gasteiger partial charge in [0.15, 0.2) is 5.75 Å². The number of aliphatic imine (C=N–C) groups is 1. The molecule has 0 heterocycles. The van der Waals surface area contributed by atoms with Gasteiger partial charge >= 0.3 is 0 Å². The predicted octanol–water partition coefficient (Wildman–Crippen LogP) is 2.60. The van der Waals surface area contributed by atoms with E-state index in [1.54, 1.807) is 24.3 Å². The minimum Gasteiger partial charge on any atom is -0.383 e. The van der Waals surface area contributed by atoms with E-state index in [1.807, 2.05) is 6.01 Å². The molecule has 56 valence electrons. The largest absolute Gasteiger partial charge is 0.383 e. The molecule has 0 aromatic heterocycles. The lowest BCUT2D eigenvalue weighted by Crippen LogP contribution is -1.74. The lowest BCUT2D eigenvalue weighted by molar-refractivity contribution is 0.621. The molecular formula is C7H5ClN2O. The number of nitrogens with one attached hydrogen (secondary N) is 1. The van der Waals surface area contributed by atoms with E-state index in [4.69, 9.17) is 17.3 Å². The van der Waals surface area contributed by atoms with E-state index in [-0.39, 0.29) is 0 Å². The van der Waals surface area contributed by atoms with Crippen LogP contribution < -0.4 is 4.29 Å². The molecule has 11 heavy (non-hydrogen) atoms. The van der Waals surface area contributed by atoms with Gasteiger partial charge in [0.25, 0.3) is 0 Å². The first-order valence-electron chi connectivity index (χ1n) is 2.88. The van der Waals surface area contributed by atoms with Crippen molar-refractivity contribution < 1.29 is 4.29 Å². The van der Waals surface area contributed by atoms with Crippen LogP contribution in [-0.4, -0.2) is 6.01 Å². The van der Waals surface area contributed by atoms with Crippen molar-refractivity contribution in [2.75, 3.05) is 0 Å². The van der Waals surface area contributed by atoms with Crippen LogP contribution in [-0.2, 0) is 0 Å². The van der Waals surface area contributed by atoms with Crippen molar-refractivity contribution in [1.29, 1.82) is 5.41 Å². The Hall–Kier alpha value is -1.31. The molecule has 1 aromatic rings. The number of hydrogen-bond donors (Lipinski definition) is 1. The van der Waals surface area contributed by atoms with Gasteiger partial charge in [-0.1, -0.05) is 12.1 Å². The van der Waals surface area contributed by atoms with Gasteiger partial charge in [-0.3, -0.25) is 0 Å². The van der Waals surface area contributed by atoms with E-state index in [9.17, 15) is 0 Å². The first-order valence-corrected chi connectivity index (χ1v) is 3.19. The summed E-state index contributed by atoms with van der Waals surface area (Å²) in [7, 11) is 0. The quantitative estimate of drug-likeness (QED) is 0.678. The average molecular weight is 169 g/mol. The van der Waals surface area contributed by atoms with Crippen molar-refractivity contribution >= 4 is 23.6 Å². The number of para-hydroxylation sites is 2. The highest BCUT2D eigenvalue weighted by molar-refractivity contribution is 6.09. The molecule has 4 heteroatoms. The third-order valence-electron chi connectivity index (χ3n) is 1.12. The lowest BCUT2D eigenvalue weighted by atomic mass is 10.3. The molecule has 0 aliphatic heterocycles. The van der Waals surface area contributed by atoms with Crippen LogP contribution >= 0.6 is 11.9 Å². The Labute approximate surface area is 69.0 Å². The molecule has 0 amide bonds. The van der Waals surface area contributed by atoms with Crippen molar-refractivity contribution in [1.82, 2.24) is 0 Å². The zero-order chi connectivity index (χ0) is 8.10. The molecule has 1 rings (SSSR count). The van der Waals surface area contributed by atoms with Crippen LogP contribution in [0.5, 0.6) is 5.75 Å². The second-order valence-corrected chi connectivity index (χ2v) is 1.92. The van der Waals surface area contributed by atoms with Crippen molar-refractivity contribution in [2.45, 2.75) is 0 Å². The summed E-state index contributed by atoms with van der Waals surface area (Å²) in [6.07, 6.45) is 0. The summed E-state index contributed by atoms with van der Waals surface area (Å²) >= 11 is 5.12. The van der Waals surface area contributed by atoms with Gasteiger partial charge in [0.1, 0.15) is 17.6 Å². The van der Waals surface area contributed by atoms with Gasteiger partial charge in [0.05, 0.1) is 6.01 Å². The Morgan fingerprint density at radius 2 is 2.18 bits per heavy atom. The van der Waals surface area contributed by atoms with E-state index >= 15 is 0 Å². The Balaban J connectivity index is 3.11. The van der Waals surface area contributed by atoms with Crippen LogP contribution in [0.2, 0.25) is 0 Å². The van der Waals surface area contributed by atoms with Crippen LogP contribution in [0, 0.1) is 5.41 Å². The molecule has 0 atom stereocenters. The fourth-order valence-corrected chi connectivity index (χ4v) is 0.805. The maximum absolute atomic E-state index is 6.60. The number of rotatable bonds is 2. The van der Waals surface area contributed by atoms with E-state index in [0.29, 0.717) is 11.4 Å². The Morgan fingerprint density at radius 3 is 2.82 bits per heavy atom. The minimum atomic E-state index is 0.425. The predicted molar refractivity (Wildman–Crippen MR) is 42.7 cm³/mol. The molecule has 0 saturated heterocycles. The molecule has 3 nitrogen and oxygen atoms in total. The van der Waals surface area contributed by atoms with Gasteiger partial charge in [-0.05, 0) is 12.1 Å². The molecule has 0 radical (unpaired) electrons. The average Bonchev–Trinajstić information content (AvgIpc) is 2.06. The fraction of sp³-hybridized carbons (Fsp3) is 0. The number of hydrogen-bond acceptors (Lipinski definition) is 3. The molecule has 0 unspecified atom stereocenters. The summed E-state index contributed by atoms with van der Waals surface area (Å²) in [6, 6.07) is 8.77. The number of nitrogens with zero attached hydrogens (tertiary/aromatic N) is 1. The van der Waals surface area contributed by atoms with Gasteiger partial charge in [0, 0.05) is 0 Å². The van der Waals surface area contributed by atoms with E-state index in [0.717, 1.165) is 0 Å². The highest BCUT2D eigenvalue weighted by Gasteiger charge is 1.98. The monoisotopic (exact) mass is 168 g/mol. The van der Waals surface area contributed by atoms with E-state index in [2.05, 4.69) is 9.28 Å². The highest BCUT2D eigenvalue weighted by Crippen LogP contribution is 2.26. The molecule has 0 aliphatic carbocycles. The summed E-state index contributed by atoms with van der Waals surface area (Å²) in [5.74, 6) is 0.425. The molecule has 0 aliphatic rings. The van der Waals surface area contributed by atoms with Crippen LogP contribution in [0.15, 0.2) is 29.3 Å². The van der Waals surface area contributed by atoms with E-state index < -0.39 is 0 Å². The molecule has 0 bridgehead atoms. The SMILES string of the molecule is N=C=Nc1ccccc1OCl. The normalized spacial score (nSPS) is 8.45. The summed E-state index contributed by atoms with van der Waals surface area (Å²) < 4.78 is 4.45.